The van der Waals surface area contributed by atoms with E-state index in [1.54, 1.807) is 0 Å². The molecule has 0 aliphatic heterocycles. The zero-order valence-corrected chi connectivity index (χ0v) is 28.5. The summed E-state index contributed by atoms with van der Waals surface area (Å²) in [6.07, 6.45) is 20.5. The van der Waals surface area contributed by atoms with Crippen LogP contribution in [-0.2, 0) is 38.2 Å². The summed E-state index contributed by atoms with van der Waals surface area (Å²) in [4.78, 5) is 53.6. The lowest BCUT2D eigenvalue weighted by Crippen LogP contribution is -2.50. The van der Waals surface area contributed by atoms with E-state index in [-0.39, 0.29) is 38.0 Å². The van der Waals surface area contributed by atoms with E-state index in [2.05, 4.69) is 18.4 Å². The van der Waals surface area contributed by atoms with Crippen molar-refractivity contribution < 1.29 is 59.9 Å². The number of quaternary nitrogens is 2. The van der Waals surface area contributed by atoms with Crippen LogP contribution in [0.1, 0.15) is 149 Å². The number of aliphatic carboxylic acids is 2. The average molecular weight is 649 g/mol. The van der Waals surface area contributed by atoms with Crippen LogP contribution in [0.2, 0.25) is 0 Å². The quantitative estimate of drug-likeness (QED) is 0.0748. The number of unbranched alkanes of at least 4 members (excludes halogenated alkanes) is 14. The van der Waals surface area contributed by atoms with Gasteiger partial charge in [0.15, 0.2) is 6.10 Å². The third kappa shape index (κ3) is 48.4. The van der Waals surface area contributed by atoms with Crippen LogP contribution in [0.3, 0.4) is 0 Å². The predicted molar refractivity (Wildman–Crippen MR) is 167 cm³/mol. The minimum Gasteiger partial charge on any atom is -0.550 e. The molecule has 266 valence electrons. The molecule has 0 aliphatic carbocycles. The van der Waals surface area contributed by atoms with Gasteiger partial charge in [-0.2, -0.15) is 0 Å². The Bertz CT molecular complexity index is 714. The van der Waals surface area contributed by atoms with Gasteiger partial charge in [0, 0.05) is 31.2 Å². The van der Waals surface area contributed by atoms with Gasteiger partial charge in [0.25, 0.3) is 0 Å². The van der Waals surface area contributed by atoms with E-state index in [1.807, 2.05) is 0 Å². The molecule has 45 heavy (non-hydrogen) atoms. The lowest BCUT2D eigenvalue weighted by molar-refractivity contribution is -0.368. The molecule has 0 aromatic carbocycles. The van der Waals surface area contributed by atoms with Gasteiger partial charge in [0.2, 0.25) is 0 Å². The molecule has 0 spiro atoms. The summed E-state index contributed by atoms with van der Waals surface area (Å²) in [5.41, 5.74) is 7.41. The van der Waals surface area contributed by atoms with Gasteiger partial charge in [-0.25, -0.2) is 0 Å². The van der Waals surface area contributed by atoms with E-state index in [9.17, 15) is 14.4 Å². The van der Waals surface area contributed by atoms with Crippen molar-refractivity contribution in [2.75, 3.05) is 26.3 Å². The van der Waals surface area contributed by atoms with Crippen molar-refractivity contribution in [3.8, 4) is 0 Å². The van der Waals surface area contributed by atoms with Crippen LogP contribution in [0.15, 0.2) is 0 Å². The smallest absolute Gasteiger partial charge is 0.306 e. The molecule has 1 atom stereocenters. The number of hydrogen-bond acceptors (Lipinski definition) is 10. The Morgan fingerprint density at radius 1 is 0.511 bits per heavy atom. The van der Waals surface area contributed by atoms with Gasteiger partial charge in [0.05, 0.1) is 25.9 Å². The number of carboxylic acid groups (broad SMARTS) is 2. The van der Waals surface area contributed by atoms with E-state index >= 15 is 0 Å². The lowest BCUT2D eigenvalue weighted by Gasteiger charge is -2.18. The first-order valence-corrected chi connectivity index (χ1v) is 16.9. The molecule has 0 fully saturated rings. The van der Waals surface area contributed by atoms with E-state index in [0.717, 1.165) is 33.1 Å². The fourth-order valence-corrected chi connectivity index (χ4v) is 4.06. The number of esters is 3. The predicted octanol–water partition coefficient (Wildman–Crippen LogP) is 1.80. The van der Waals surface area contributed by atoms with E-state index in [1.165, 1.54) is 77.0 Å². The van der Waals surface area contributed by atoms with Gasteiger partial charge in [-0.05, 0) is 20.3 Å². The number of hydrogen-bond donors (Lipinski definition) is 2. The van der Waals surface area contributed by atoms with Crippen LogP contribution in [0.25, 0.3) is 0 Å². The van der Waals surface area contributed by atoms with Gasteiger partial charge >= 0.3 is 17.9 Å². The zero-order chi connectivity index (χ0) is 34.6. The second kappa shape index (κ2) is 37.5. The van der Waals surface area contributed by atoms with Crippen molar-refractivity contribution in [1.29, 1.82) is 0 Å². The standard InChI is InChI=1S/C29H56N2O6.2C2H4O2/c1-2-3-4-5-6-7-8-9-10-11-12-13-14-15-16-19-27(32)35-24-26(37-29(34)21-18-23-31)25-36-28(33)20-17-22-30;2*1-2(3)4/h26H,2-25,30-31H2,1H3;2*1H3,(H,3,4). The van der Waals surface area contributed by atoms with Gasteiger partial charge < -0.3 is 45.5 Å². The normalized spacial score (nSPS) is 10.8. The van der Waals surface area contributed by atoms with E-state index < -0.39 is 24.0 Å². The molecule has 0 aromatic heterocycles. The average Bonchev–Trinajstić information content (AvgIpc) is 2.97. The third-order valence-corrected chi connectivity index (χ3v) is 6.40. The SMILES string of the molecule is CC(=O)[O-].CC(=O)[O-].CCCCCCCCCCCCCCCCCC(=O)OCC(COC(=O)CCC[NH3+])OC(=O)CCC[NH3+]. The molecule has 12 heteroatoms. The number of carbonyl (C=O) groups is 5. The monoisotopic (exact) mass is 648 g/mol. The summed E-state index contributed by atoms with van der Waals surface area (Å²) in [6, 6.07) is 0. The van der Waals surface area contributed by atoms with E-state index in [4.69, 9.17) is 34.0 Å². The van der Waals surface area contributed by atoms with Crippen molar-refractivity contribution in [3.63, 3.8) is 0 Å². The molecule has 0 aliphatic rings. The van der Waals surface area contributed by atoms with Gasteiger partial charge in [-0.1, -0.05) is 96.8 Å². The maximum atomic E-state index is 12.1. The van der Waals surface area contributed by atoms with Gasteiger partial charge in [0.1, 0.15) is 13.2 Å². The maximum absolute atomic E-state index is 12.1. The van der Waals surface area contributed by atoms with E-state index in [0.29, 0.717) is 32.4 Å². The Morgan fingerprint density at radius 2 is 0.800 bits per heavy atom. The minimum atomic E-state index is -1.08. The summed E-state index contributed by atoms with van der Waals surface area (Å²) >= 11 is 0. The molecule has 0 saturated heterocycles. The molecule has 0 saturated carbocycles. The highest BCUT2D eigenvalue weighted by Crippen LogP contribution is 2.14. The highest BCUT2D eigenvalue weighted by atomic mass is 16.6. The van der Waals surface area contributed by atoms with Crippen LogP contribution in [-0.4, -0.2) is 62.3 Å². The summed E-state index contributed by atoms with van der Waals surface area (Å²) in [6.45, 7) is 5.27. The second-order valence-electron chi connectivity index (χ2n) is 11.1. The maximum Gasteiger partial charge on any atom is 0.306 e. The number of carboxylic acids is 2. The van der Waals surface area contributed by atoms with Crippen LogP contribution in [0, 0.1) is 0 Å². The molecule has 0 aromatic rings. The van der Waals surface area contributed by atoms with Crippen molar-refractivity contribution in [1.82, 2.24) is 0 Å². The van der Waals surface area contributed by atoms with Crippen LogP contribution >= 0.6 is 0 Å². The Labute approximate surface area is 271 Å². The Morgan fingerprint density at radius 3 is 1.13 bits per heavy atom. The minimum absolute atomic E-state index is 0.101. The van der Waals surface area contributed by atoms with Crippen molar-refractivity contribution in [3.05, 3.63) is 0 Å². The third-order valence-electron chi connectivity index (χ3n) is 6.40. The number of carbonyl (C=O) groups excluding carboxylic acids is 5. The molecule has 0 bridgehead atoms. The zero-order valence-electron chi connectivity index (χ0n) is 28.5. The molecule has 1 unspecified atom stereocenters. The second-order valence-corrected chi connectivity index (χ2v) is 11.1. The topological polar surface area (TPSA) is 214 Å². The molecule has 12 nitrogen and oxygen atoms in total. The fourth-order valence-electron chi connectivity index (χ4n) is 4.06. The molecular weight excluding hydrogens is 584 g/mol. The van der Waals surface area contributed by atoms with Crippen LogP contribution in [0.5, 0.6) is 0 Å². The largest absolute Gasteiger partial charge is 0.550 e. The first-order chi connectivity index (χ1) is 21.5. The summed E-state index contributed by atoms with van der Waals surface area (Å²) < 4.78 is 15.9. The lowest BCUT2D eigenvalue weighted by atomic mass is 10.0. The highest BCUT2D eigenvalue weighted by Gasteiger charge is 2.19. The molecular formula is C33H64N2O10. The molecule has 6 N–H and O–H groups in total. The first-order valence-electron chi connectivity index (χ1n) is 16.9. The van der Waals surface area contributed by atoms with Gasteiger partial charge in [-0.3, -0.25) is 14.4 Å². The highest BCUT2D eigenvalue weighted by molar-refractivity contribution is 5.71. The van der Waals surface area contributed by atoms with Crippen molar-refractivity contribution in [2.45, 2.75) is 155 Å². The summed E-state index contributed by atoms with van der Waals surface area (Å²) in [7, 11) is 0. The molecule has 0 heterocycles. The molecule has 0 radical (unpaired) electrons. The van der Waals surface area contributed by atoms with Crippen molar-refractivity contribution in [2.24, 2.45) is 0 Å². The Kier molecular flexibility index (Phi) is 38.9. The van der Waals surface area contributed by atoms with Crippen LogP contribution < -0.4 is 21.7 Å². The van der Waals surface area contributed by atoms with Crippen molar-refractivity contribution >= 4 is 29.8 Å². The Balaban J connectivity index is -0.00000195. The number of rotatable bonds is 27. The summed E-state index contributed by atoms with van der Waals surface area (Å²) in [5, 5.41) is 17.8. The van der Waals surface area contributed by atoms with Gasteiger partial charge in [-0.15, -0.1) is 0 Å². The first kappa shape index (κ1) is 46.7. The number of ether oxygens (including phenoxy) is 3. The summed E-state index contributed by atoms with van der Waals surface area (Å²) in [5.74, 6) is -3.25. The molecule has 0 rings (SSSR count). The Hall–Kier alpha value is -2.73. The van der Waals surface area contributed by atoms with Crippen LogP contribution in [0.4, 0.5) is 0 Å². The fraction of sp³-hybridized carbons (Fsp3) is 0.848. The molecule has 0 amide bonds.